The van der Waals surface area contributed by atoms with Crippen molar-refractivity contribution in [3.63, 3.8) is 0 Å². The normalized spacial score (nSPS) is 9.81. The number of anilines is 1. The molecule has 3 N–H and O–H groups in total. The molecule has 0 fully saturated rings. The fourth-order valence-electron chi connectivity index (χ4n) is 1.77. The predicted molar refractivity (Wildman–Crippen MR) is 78.3 cm³/mol. The molecule has 0 aliphatic rings. The first-order valence-electron chi connectivity index (χ1n) is 6.51. The zero-order chi connectivity index (χ0) is 15.8. The van der Waals surface area contributed by atoms with Gasteiger partial charge in [0.15, 0.2) is 0 Å². The summed E-state index contributed by atoms with van der Waals surface area (Å²) in [6, 6.07) is 4.52. The first-order chi connectivity index (χ1) is 9.97. The van der Waals surface area contributed by atoms with Gasteiger partial charge in [-0.1, -0.05) is 6.07 Å². The van der Waals surface area contributed by atoms with Gasteiger partial charge in [0.1, 0.15) is 11.3 Å². The fourth-order valence-corrected chi connectivity index (χ4v) is 1.77. The van der Waals surface area contributed by atoms with E-state index in [1.165, 1.54) is 13.0 Å². The Morgan fingerprint density at radius 2 is 1.90 bits per heavy atom. The van der Waals surface area contributed by atoms with Gasteiger partial charge in [-0.05, 0) is 19.1 Å². The standard InChI is InChI=1S/C13H18N4O4/c1-3-14-11-6-4-5-10(12(11)17(20)21)13(19)16-8-7-15-9(2)18/h4-6,14H,3,7-8H2,1-2H3,(H,15,18)(H,16,19). The molecule has 0 spiro atoms. The predicted octanol–water partition coefficient (Wildman–Crippen LogP) is 0.892. The average Bonchev–Trinajstić information content (AvgIpc) is 2.43. The molecule has 0 aromatic heterocycles. The van der Waals surface area contributed by atoms with Crippen molar-refractivity contribution in [2.45, 2.75) is 13.8 Å². The molecule has 114 valence electrons. The van der Waals surface area contributed by atoms with Crippen LogP contribution in [-0.2, 0) is 4.79 Å². The summed E-state index contributed by atoms with van der Waals surface area (Å²) in [5.41, 5.74) is 0.0367. The number of nitro benzene ring substituents is 1. The Kier molecular flexibility index (Phi) is 6.12. The molecule has 0 saturated carbocycles. The van der Waals surface area contributed by atoms with Crippen LogP contribution in [0.5, 0.6) is 0 Å². The van der Waals surface area contributed by atoms with Crippen molar-refractivity contribution in [2.24, 2.45) is 0 Å². The number of nitrogens with one attached hydrogen (secondary N) is 3. The number of nitro groups is 1. The van der Waals surface area contributed by atoms with E-state index >= 15 is 0 Å². The highest BCUT2D eigenvalue weighted by atomic mass is 16.6. The molecule has 8 heteroatoms. The van der Waals surface area contributed by atoms with Crippen LogP contribution >= 0.6 is 0 Å². The van der Waals surface area contributed by atoms with E-state index in [9.17, 15) is 19.7 Å². The van der Waals surface area contributed by atoms with Crippen molar-refractivity contribution in [3.8, 4) is 0 Å². The van der Waals surface area contributed by atoms with Crippen molar-refractivity contribution >= 4 is 23.2 Å². The lowest BCUT2D eigenvalue weighted by molar-refractivity contribution is -0.384. The minimum Gasteiger partial charge on any atom is -0.380 e. The molecule has 1 rings (SSSR count). The summed E-state index contributed by atoms with van der Waals surface area (Å²) in [4.78, 5) is 33.3. The van der Waals surface area contributed by atoms with E-state index < -0.39 is 10.8 Å². The largest absolute Gasteiger partial charge is 0.380 e. The van der Waals surface area contributed by atoms with Crippen molar-refractivity contribution < 1.29 is 14.5 Å². The molecule has 8 nitrogen and oxygen atoms in total. The van der Waals surface area contributed by atoms with Gasteiger partial charge in [-0.15, -0.1) is 0 Å². The summed E-state index contributed by atoms with van der Waals surface area (Å²) < 4.78 is 0. The lowest BCUT2D eigenvalue weighted by Gasteiger charge is -2.09. The molecule has 0 aliphatic heterocycles. The van der Waals surface area contributed by atoms with E-state index in [-0.39, 0.29) is 30.2 Å². The SMILES string of the molecule is CCNc1cccc(C(=O)NCCNC(C)=O)c1[N+](=O)[O-]. The third-order valence-corrected chi connectivity index (χ3v) is 2.61. The van der Waals surface area contributed by atoms with Crippen LogP contribution in [0.15, 0.2) is 18.2 Å². The molecule has 0 bridgehead atoms. The van der Waals surface area contributed by atoms with Crippen LogP contribution < -0.4 is 16.0 Å². The van der Waals surface area contributed by atoms with Gasteiger partial charge in [0.2, 0.25) is 5.91 Å². The van der Waals surface area contributed by atoms with Gasteiger partial charge in [0.25, 0.3) is 5.91 Å². The molecule has 1 aromatic carbocycles. The molecule has 0 heterocycles. The van der Waals surface area contributed by atoms with Crippen LogP contribution in [0.2, 0.25) is 0 Å². The molecule has 0 atom stereocenters. The third-order valence-electron chi connectivity index (χ3n) is 2.61. The highest BCUT2D eigenvalue weighted by Gasteiger charge is 2.23. The summed E-state index contributed by atoms with van der Waals surface area (Å²) in [7, 11) is 0. The lowest BCUT2D eigenvalue weighted by atomic mass is 10.1. The Morgan fingerprint density at radius 1 is 1.24 bits per heavy atom. The Labute approximate surface area is 122 Å². The van der Waals surface area contributed by atoms with E-state index in [1.54, 1.807) is 12.1 Å². The fraction of sp³-hybridized carbons (Fsp3) is 0.385. The van der Waals surface area contributed by atoms with Crippen LogP contribution in [0.25, 0.3) is 0 Å². The van der Waals surface area contributed by atoms with Crippen LogP contribution in [0.1, 0.15) is 24.2 Å². The molecule has 21 heavy (non-hydrogen) atoms. The maximum absolute atomic E-state index is 12.0. The monoisotopic (exact) mass is 294 g/mol. The molecular formula is C13H18N4O4. The minimum atomic E-state index is -0.583. The number of amides is 2. The molecule has 0 unspecified atom stereocenters. The van der Waals surface area contributed by atoms with Crippen molar-refractivity contribution in [2.75, 3.05) is 25.0 Å². The molecule has 2 amide bonds. The lowest BCUT2D eigenvalue weighted by Crippen LogP contribution is -2.33. The third kappa shape index (κ3) is 4.75. The minimum absolute atomic E-state index is 0.0127. The summed E-state index contributed by atoms with van der Waals surface area (Å²) >= 11 is 0. The van der Waals surface area contributed by atoms with Gasteiger partial charge in [-0.3, -0.25) is 19.7 Å². The summed E-state index contributed by atoms with van der Waals surface area (Å²) in [6.07, 6.45) is 0. The average molecular weight is 294 g/mol. The zero-order valence-electron chi connectivity index (χ0n) is 11.9. The highest BCUT2D eigenvalue weighted by Crippen LogP contribution is 2.28. The van der Waals surface area contributed by atoms with Crippen molar-refractivity contribution in [1.29, 1.82) is 0 Å². The Morgan fingerprint density at radius 3 is 2.48 bits per heavy atom. The van der Waals surface area contributed by atoms with E-state index in [2.05, 4.69) is 16.0 Å². The maximum Gasteiger partial charge on any atom is 0.305 e. The van der Waals surface area contributed by atoms with E-state index in [4.69, 9.17) is 0 Å². The van der Waals surface area contributed by atoms with E-state index in [0.717, 1.165) is 0 Å². The molecule has 0 saturated heterocycles. The van der Waals surface area contributed by atoms with Crippen molar-refractivity contribution in [1.82, 2.24) is 10.6 Å². The first-order valence-corrected chi connectivity index (χ1v) is 6.51. The Bertz CT molecular complexity index is 545. The zero-order valence-corrected chi connectivity index (χ0v) is 11.9. The number of carbonyl (C=O) groups is 2. The van der Waals surface area contributed by atoms with Gasteiger partial charge in [-0.25, -0.2) is 0 Å². The molecule has 0 radical (unpaired) electrons. The maximum atomic E-state index is 12.0. The van der Waals surface area contributed by atoms with Gasteiger partial charge >= 0.3 is 5.69 Å². The van der Waals surface area contributed by atoms with Crippen molar-refractivity contribution in [3.05, 3.63) is 33.9 Å². The number of hydrogen-bond donors (Lipinski definition) is 3. The summed E-state index contributed by atoms with van der Waals surface area (Å²) in [5.74, 6) is -0.754. The summed E-state index contributed by atoms with van der Waals surface area (Å²) in [6.45, 7) is 4.15. The molecule has 1 aromatic rings. The number of hydrogen-bond acceptors (Lipinski definition) is 5. The number of para-hydroxylation sites is 1. The van der Waals surface area contributed by atoms with Crippen LogP contribution in [0.4, 0.5) is 11.4 Å². The number of benzene rings is 1. The number of carbonyl (C=O) groups excluding carboxylic acids is 2. The first kappa shape index (κ1) is 16.4. The second-order valence-electron chi connectivity index (χ2n) is 4.23. The van der Waals surface area contributed by atoms with E-state index in [1.807, 2.05) is 6.92 Å². The van der Waals surface area contributed by atoms with Gasteiger partial charge in [-0.2, -0.15) is 0 Å². The quantitative estimate of drug-likeness (QED) is 0.392. The van der Waals surface area contributed by atoms with Gasteiger partial charge < -0.3 is 16.0 Å². The molecular weight excluding hydrogens is 276 g/mol. The molecule has 0 aliphatic carbocycles. The van der Waals surface area contributed by atoms with Gasteiger partial charge in [0.05, 0.1) is 4.92 Å². The topological polar surface area (TPSA) is 113 Å². The number of rotatable bonds is 7. The van der Waals surface area contributed by atoms with Crippen LogP contribution in [0, 0.1) is 10.1 Å². The Hall–Kier alpha value is -2.64. The smallest absolute Gasteiger partial charge is 0.305 e. The highest BCUT2D eigenvalue weighted by molar-refractivity contribution is 6.00. The van der Waals surface area contributed by atoms with Crippen LogP contribution in [-0.4, -0.2) is 36.4 Å². The van der Waals surface area contributed by atoms with Gasteiger partial charge in [0, 0.05) is 26.6 Å². The Balaban J connectivity index is 2.85. The summed E-state index contributed by atoms with van der Waals surface area (Å²) in [5, 5.41) is 19.1. The second kappa shape index (κ2) is 7.83. The van der Waals surface area contributed by atoms with E-state index in [0.29, 0.717) is 12.2 Å². The second-order valence-corrected chi connectivity index (χ2v) is 4.23. The number of nitrogens with zero attached hydrogens (tertiary/aromatic N) is 1. The van der Waals surface area contributed by atoms with Crippen LogP contribution in [0.3, 0.4) is 0 Å².